The van der Waals surface area contributed by atoms with Gasteiger partial charge in [0, 0.05) is 26.1 Å². The van der Waals surface area contributed by atoms with Crippen molar-refractivity contribution in [1.29, 1.82) is 0 Å². The lowest BCUT2D eigenvalue weighted by Crippen LogP contribution is -2.36. The molecule has 0 radical (unpaired) electrons. The topological polar surface area (TPSA) is 87.9 Å². The molecular formula is C20H21F2N7O2. The zero-order chi connectivity index (χ0) is 21.4. The number of imidazole rings is 1. The molecule has 0 bridgehead atoms. The highest BCUT2D eigenvalue weighted by Crippen LogP contribution is 2.30. The maximum Gasteiger partial charge on any atom is 0.277 e. The number of morpholine rings is 1. The first-order chi connectivity index (χ1) is 15.0. The molecule has 5 heterocycles. The van der Waals surface area contributed by atoms with Crippen LogP contribution in [0, 0.1) is 0 Å². The number of pyridine rings is 1. The lowest BCUT2D eigenvalue weighted by Gasteiger charge is -2.27. The molecule has 0 saturated carbocycles. The number of hydrogen-bond acceptors (Lipinski definition) is 7. The highest BCUT2D eigenvalue weighted by Gasteiger charge is 2.39. The summed E-state index contributed by atoms with van der Waals surface area (Å²) in [6.45, 7) is 2.56. The molecule has 3 aromatic heterocycles. The molecule has 2 aliphatic heterocycles. The molecule has 1 amide bonds. The predicted octanol–water partition coefficient (Wildman–Crippen LogP) is 2.06. The summed E-state index contributed by atoms with van der Waals surface area (Å²) in [5.41, 5.74) is 0.649. The minimum Gasteiger partial charge on any atom is -0.378 e. The second-order valence-electron chi connectivity index (χ2n) is 7.57. The number of halogens is 2. The van der Waals surface area contributed by atoms with Crippen molar-refractivity contribution in [3.8, 4) is 0 Å². The summed E-state index contributed by atoms with van der Waals surface area (Å²) in [6, 6.07) is 8.71. The number of fused-ring (bicyclic) bond motifs is 1. The van der Waals surface area contributed by atoms with Crippen LogP contribution >= 0.6 is 0 Å². The second-order valence-corrected chi connectivity index (χ2v) is 7.57. The lowest BCUT2D eigenvalue weighted by molar-refractivity contribution is 0.0256. The average molecular weight is 429 g/mol. The summed E-state index contributed by atoms with van der Waals surface area (Å²) >= 11 is 0. The molecule has 0 unspecified atom stereocenters. The third-order valence-corrected chi connectivity index (χ3v) is 5.39. The van der Waals surface area contributed by atoms with Gasteiger partial charge in [-0.05, 0) is 24.3 Å². The van der Waals surface area contributed by atoms with E-state index in [1.165, 1.54) is 15.6 Å². The molecule has 9 nitrogen and oxygen atoms in total. The minimum absolute atomic E-state index is 0.196. The third kappa shape index (κ3) is 4.00. The van der Waals surface area contributed by atoms with Gasteiger partial charge in [-0.2, -0.15) is 0 Å². The number of ether oxygens (including phenoxy) is 1. The van der Waals surface area contributed by atoms with Crippen LogP contribution in [0.5, 0.6) is 0 Å². The maximum absolute atomic E-state index is 13.6. The van der Waals surface area contributed by atoms with Gasteiger partial charge in [0.1, 0.15) is 17.5 Å². The summed E-state index contributed by atoms with van der Waals surface area (Å²) in [4.78, 5) is 25.2. The number of nitrogens with zero attached hydrogens (tertiary/aromatic N) is 6. The van der Waals surface area contributed by atoms with Gasteiger partial charge in [-0.25, -0.2) is 23.3 Å². The molecule has 0 aliphatic carbocycles. The first-order valence-electron chi connectivity index (χ1n) is 10.1. The Morgan fingerprint density at radius 2 is 1.90 bits per heavy atom. The number of anilines is 3. The van der Waals surface area contributed by atoms with Gasteiger partial charge in [0.2, 0.25) is 0 Å². The van der Waals surface area contributed by atoms with Gasteiger partial charge >= 0.3 is 0 Å². The van der Waals surface area contributed by atoms with E-state index in [0.29, 0.717) is 30.5 Å². The molecule has 3 aromatic rings. The number of amides is 1. The highest BCUT2D eigenvalue weighted by atomic mass is 19.3. The van der Waals surface area contributed by atoms with Gasteiger partial charge in [0.25, 0.3) is 11.8 Å². The van der Waals surface area contributed by atoms with Crippen LogP contribution < -0.4 is 15.1 Å². The summed E-state index contributed by atoms with van der Waals surface area (Å²) in [7, 11) is 0. The van der Waals surface area contributed by atoms with Gasteiger partial charge in [-0.15, -0.1) is 5.10 Å². The standard InChI is InChI=1S/C20H21F2N7O2/c21-20(22)6-7-28(13-20)18-5-4-16-23-12-14(29(16)26-18)19(30)25-15-2-1-3-17(24-15)27-8-10-31-11-9-27/h1-5,12H,6-11,13H2,(H,24,25,30). The number of hydrogen-bond donors (Lipinski definition) is 1. The van der Waals surface area contributed by atoms with Gasteiger partial charge in [0.15, 0.2) is 11.3 Å². The van der Waals surface area contributed by atoms with E-state index in [0.717, 1.165) is 18.9 Å². The Labute approximate surface area is 176 Å². The lowest BCUT2D eigenvalue weighted by atomic mass is 10.3. The zero-order valence-corrected chi connectivity index (χ0v) is 16.7. The van der Waals surface area contributed by atoms with Crippen LogP contribution in [0.25, 0.3) is 5.65 Å². The highest BCUT2D eigenvalue weighted by molar-refractivity contribution is 6.02. The van der Waals surface area contributed by atoms with Crippen molar-refractivity contribution < 1.29 is 18.3 Å². The van der Waals surface area contributed by atoms with Gasteiger partial charge in [-0.1, -0.05) is 6.07 Å². The maximum atomic E-state index is 13.6. The molecule has 2 saturated heterocycles. The van der Waals surface area contributed by atoms with E-state index in [4.69, 9.17) is 4.74 Å². The van der Waals surface area contributed by atoms with Crippen molar-refractivity contribution in [2.45, 2.75) is 12.3 Å². The fourth-order valence-corrected chi connectivity index (χ4v) is 3.76. The quantitative estimate of drug-likeness (QED) is 0.679. The van der Waals surface area contributed by atoms with Crippen LogP contribution in [-0.4, -0.2) is 70.8 Å². The van der Waals surface area contributed by atoms with Crippen molar-refractivity contribution in [2.24, 2.45) is 0 Å². The van der Waals surface area contributed by atoms with E-state index >= 15 is 0 Å². The molecule has 5 rings (SSSR count). The number of rotatable bonds is 4. The normalized spacial score (nSPS) is 18.5. The molecule has 0 spiro atoms. The van der Waals surface area contributed by atoms with E-state index in [9.17, 15) is 13.6 Å². The van der Waals surface area contributed by atoms with Crippen LogP contribution in [0.2, 0.25) is 0 Å². The predicted molar refractivity (Wildman–Crippen MR) is 110 cm³/mol. The summed E-state index contributed by atoms with van der Waals surface area (Å²) in [5, 5.41) is 7.16. The van der Waals surface area contributed by atoms with Crippen molar-refractivity contribution in [3.63, 3.8) is 0 Å². The number of alkyl halides is 2. The third-order valence-electron chi connectivity index (χ3n) is 5.39. The first kappa shape index (κ1) is 19.6. The number of nitrogens with one attached hydrogen (secondary N) is 1. The SMILES string of the molecule is O=C(Nc1cccc(N2CCOCC2)n1)c1cnc2ccc(N3CCC(F)(F)C3)nn12. The molecule has 2 aliphatic rings. The molecule has 0 atom stereocenters. The van der Waals surface area contributed by atoms with Crippen LogP contribution in [0.3, 0.4) is 0 Å². The fourth-order valence-electron chi connectivity index (χ4n) is 3.76. The molecule has 31 heavy (non-hydrogen) atoms. The Bertz CT molecular complexity index is 1110. The van der Waals surface area contributed by atoms with Crippen LogP contribution in [0.4, 0.5) is 26.2 Å². The minimum atomic E-state index is -2.73. The second kappa shape index (κ2) is 7.73. The molecule has 162 valence electrons. The molecule has 0 aromatic carbocycles. The largest absolute Gasteiger partial charge is 0.378 e. The van der Waals surface area contributed by atoms with Gasteiger partial charge in [0.05, 0.1) is 26.0 Å². The van der Waals surface area contributed by atoms with Crippen LogP contribution in [-0.2, 0) is 4.74 Å². The van der Waals surface area contributed by atoms with Crippen LogP contribution in [0.1, 0.15) is 16.9 Å². The first-order valence-corrected chi connectivity index (χ1v) is 10.1. The Hall–Kier alpha value is -3.34. The van der Waals surface area contributed by atoms with Crippen molar-refractivity contribution in [3.05, 3.63) is 42.2 Å². The number of carbonyl (C=O) groups excluding carboxylic acids is 1. The molecule has 2 fully saturated rings. The van der Waals surface area contributed by atoms with Crippen molar-refractivity contribution in [2.75, 3.05) is 54.5 Å². The summed E-state index contributed by atoms with van der Waals surface area (Å²) < 4.78 is 33.9. The monoisotopic (exact) mass is 429 g/mol. The smallest absolute Gasteiger partial charge is 0.277 e. The number of aromatic nitrogens is 4. The van der Waals surface area contributed by atoms with E-state index in [2.05, 4.69) is 25.3 Å². The summed E-state index contributed by atoms with van der Waals surface area (Å²) in [5.74, 6) is -1.63. The zero-order valence-electron chi connectivity index (χ0n) is 16.7. The summed E-state index contributed by atoms with van der Waals surface area (Å²) in [6.07, 6.45) is 1.20. The van der Waals surface area contributed by atoms with Crippen molar-refractivity contribution >= 4 is 29.0 Å². The molecule has 1 N–H and O–H groups in total. The van der Waals surface area contributed by atoms with E-state index in [-0.39, 0.29) is 25.2 Å². The number of carbonyl (C=O) groups is 1. The van der Waals surface area contributed by atoms with E-state index < -0.39 is 11.8 Å². The van der Waals surface area contributed by atoms with Crippen molar-refractivity contribution in [1.82, 2.24) is 19.6 Å². The molecule has 11 heteroatoms. The van der Waals surface area contributed by atoms with Crippen LogP contribution in [0.15, 0.2) is 36.5 Å². The Kier molecular flexibility index (Phi) is 4.89. The molecular weight excluding hydrogens is 408 g/mol. The average Bonchev–Trinajstić information content (AvgIpc) is 3.37. The Balaban J connectivity index is 1.37. The van der Waals surface area contributed by atoms with E-state index in [1.807, 2.05) is 12.1 Å². The Morgan fingerprint density at radius 1 is 1.06 bits per heavy atom. The Morgan fingerprint density at radius 3 is 2.68 bits per heavy atom. The van der Waals surface area contributed by atoms with Gasteiger partial charge < -0.3 is 19.9 Å². The van der Waals surface area contributed by atoms with Gasteiger partial charge in [-0.3, -0.25) is 4.79 Å². The van der Waals surface area contributed by atoms with E-state index in [1.54, 1.807) is 18.2 Å². The fraction of sp³-hybridized carbons (Fsp3) is 0.400.